The van der Waals surface area contributed by atoms with Gasteiger partial charge >= 0.3 is 5.97 Å². The number of hydrogen-bond acceptors (Lipinski definition) is 7. The highest BCUT2D eigenvalue weighted by molar-refractivity contribution is 7.13. The van der Waals surface area contributed by atoms with Crippen LogP contribution < -0.4 is 16.0 Å². The summed E-state index contributed by atoms with van der Waals surface area (Å²) in [7, 11) is 0. The van der Waals surface area contributed by atoms with Gasteiger partial charge in [0.2, 0.25) is 0 Å². The zero-order chi connectivity index (χ0) is 22.7. The quantitative estimate of drug-likeness (QED) is 0.570. The van der Waals surface area contributed by atoms with Crippen LogP contribution in [0.5, 0.6) is 0 Å². The van der Waals surface area contributed by atoms with E-state index in [1.807, 2.05) is 0 Å². The molecule has 0 spiro atoms. The molecule has 0 bridgehead atoms. The number of rotatable bonds is 6. The number of carbonyl (C=O) groups is 2. The third-order valence-electron chi connectivity index (χ3n) is 5.63. The van der Waals surface area contributed by atoms with Crippen LogP contribution in [-0.2, 0) is 20.9 Å². The maximum absolute atomic E-state index is 13.2. The third-order valence-corrected chi connectivity index (χ3v) is 6.40. The van der Waals surface area contributed by atoms with Gasteiger partial charge in [-0.2, -0.15) is 0 Å². The number of ether oxygens (including phenoxy) is 1. The fourth-order valence-corrected chi connectivity index (χ4v) is 4.79. The summed E-state index contributed by atoms with van der Waals surface area (Å²) in [6.45, 7) is 1.01. The molecule has 3 aromatic rings. The average Bonchev–Trinajstić information content (AvgIpc) is 3.32. The van der Waals surface area contributed by atoms with Crippen molar-refractivity contribution in [3.63, 3.8) is 0 Å². The fourth-order valence-electron chi connectivity index (χ4n) is 4.07. The van der Waals surface area contributed by atoms with Crippen LogP contribution in [0.4, 0.5) is 5.13 Å². The summed E-state index contributed by atoms with van der Waals surface area (Å²) in [5.41, 5.74) is -0.993. The molecule has 0 saturated heterocycles. The molecule has 1 fully saturated rings. The highest BCUT2D eigenvalue weighted by Crippen LogP contribution is 2.29. The minimum Gasteiger partial charge on any atom is -0.451 e. The smallest absolute Gasteiger partial charge is 0.328 e. The number of H-pyrrole nitrogens is 1. The highest BCUT2D eigenvalue weighted by atomic mass is 32.1. The van der Waals surface area contributed by atoms with Crippen molar-refractivity contribution in [1.82, 2.24) is 14.8 Å². The summed E-state index contributed by atoms with van der Waals surface area (Å²) in [4.78, 5) is 56.5. The summed E-state index contributed by atoms with van der Waals surface area (Å²) in [5, 5.41) is 5.24. The minimum atomic E-state index is -1.06. The molecule has 4 rings (SSSR count). The number of aromatic nitrogens is 3. The van der Waals surface area contributed by atoms with E-state index in [0.29, 0.717) is 5.13 Å². The first-order chi connectivity index (χ1) is 15.5. The van der Waals surface area contributed by atoms with Crippen molar-refractivity contribution in [1.29, 1.82) is 0 Å². The molecule has 1 aliphatic carbocycles. The van der Waals surface area contributed by atoms with Crippen LogP contribution >= 0.6 is 11.3 Å². The van der Waals surface area contributed by atoms with E-state index in [1.165, 1.54) is 30.4 Å². The van der Waals surface area contributed by atoms with Crippen molar-refractivity contribution >= 4 is 39.1 Å². The number of esters is 1. The van der Waals surface area contributed by atoms with Crippen LogP contribution in [0.25, 0.3) is 10.8 Å². The van der Waals surface area contributed by atoms with Crippen LogP contribution in [0.2, 0.25) is 0 Å². The number of hydrogen-bond donors (Lipinski definition) is 1. The number of benzene rings is 1. The molecule has 1 N–H and O–H groups in total. The van der Waals surface area contributed by atoms with E-state index in [2.05, 4.69) is 10.1 Å². The second-order valence-electron chi connectivity index (χ2n) is 7.82. The number of anilines is 1. The van der Waals surface area contributed by atoms with Gasteiger partial charge in [-0.15, -0.1) is 11.3 Å². The molecular formula is C22H24N4O5S. The van der Waals surface area contributed by atoms with Gasteiger partial charge in [-0.3, -0.25) is 29.2 Å². The number of carbonyl (C=O) groups excluding carboxylic acids is 2. The molecule has 1 aliphatic rings. The molecular weight excluding hydrogens is 432 g/mol. The van der Waals surface area contributed by atoms with Gasteiger partial charge in [0.1, 0.15) is 6.54 Å². The molecule has 1 aromatic carbocycles. The molecule has 1 amide bonds. The second kappa shape index (κ2) is 9.47. The van der Waals surface area contributed by atoms with E-state index in [4.69, 9.17) is 4.74 Å². The van der Waals surface area contributed by atoms with Crippen molar-refractivity contribution in [3.8, 4) is 0 Å². The topological polar surface area (TPSA) is 114 Å². The van der Waals surface area contributed by atoms with Crippen LogP contribution in [0, 0.1) is 0 Å². The van der Waals surface area contributed by atoms with Crippen LogP contribution in [0.3, 0.4) is 0 Å². The normalized spacial score (nSPS) is 15.4. The Morgan fingerprint density at radius 1 is 1.22 bits per heavy atom. The average molecular weight is 457 g/mol. The maximum atomic E-state index is 13.2. The van der Waals surface area contributed by atoms with E-state index >= 15 is 0 Å². The van der Waals surface area contributed by atoms with E-state index < -0.39 is 29.7 Å². The van der Waals surface area contributed by atoms with Gasteiger partial charge in [0.05, 0.1) is 10.8 Å². The summed E-state index contributed by atoms with van der Waals surface area (Å²) >= 11 is 1.36. The van der Waals surface area contributed by atoms with Crippen molar-refractivity contribution in [3.05, 3.63) is 56.5 Å². The van der Waals surface area contributed by atoms with E-state index in [1.54, 1.807) is 28.6 Å². The number of aromatic amines is 1. The fraction of sp³-hybridized carbons (Fsp3) is 0.409. The highest BCUT2D eigenvalue weighted by Gasteiger charge is 2.33. The van der Waals surface area contributed by atoms with Crippen molar-refractivity contribution in [2.75, 3.05) is 4.90 Å². The zero-order valence-corrected chi connectivity index (χ0v) is 18.5. The number of fused-ring (bicyclic) bond motifs is 1. The van der Waals surface area contributed by atoms with Gasteiger partial charge < -0.3 is 4.74 Å². The maximum Gasteiger partial charge on any atom is 0.328 e. The van der Waals surface area contributed by atoms with E-state index in [9.17, 15) is 19.2 Å². The Labute approximate surface area is 187 Å². The molecule has 1 saturated carbocycles. The lowest BCUT2D eigenvalue weighted by Crippen LogP contribution is -2.47. The van der Waals surface area contributed by atoms with Crippen LogP contribution in [-0.4, -0.2) is 38.8 Å². The molecule has 1 atom stereocenters. The molecule has 168 valence electrons. The largest absolute Gasteiger partial charge is 0.451 e. The number of amides is 1. The van der Waals surface area contributed by atoms with Gasteiger partial charge in [0.25, 0.3) is 17.0 Å². The van der Waals surface area contributed by atoms with E-state index in [0.717, 1.165) is 36.8 Å². The predicted octanol–water partition coefficient (Wildman–Crippen LogP) is 2.44. The first-order valence-corrected chi connectivity index (χ1v) is 11.5. The predicted molar refractivity (Wildman–Crippen MR) is 121 cm³/mol. The molecule has 1 unspecified atom stereocenters. The van der Waals surface area contributed by atoms with Gasteiger partial charge in [-0.1, -0.05) is 31.4 Å². The summed E-state index contributed by atoms with van der Waals surface area (Å²) in [5.74, 6) is -1.14. The van der Waals surface area contributed by atoms with Gasteiger partial charge in [-0.25, -0.2) is 9.67 Å². The Kier molecular flexibility index (Phi) is 6.50. The molecule has 32 heavy (non-hydrogen) atoms. The summed E-state index contributed by atoms with van der Waals surface area (Å²) in [6, 6.07) is 6.38. The SMILES string of the molecule is CC(OC(=O)Cn1[nH]c(=O)c2ccccc2c1=O)C(=O)N(c1nccs1)C1CCCCC1. The van der Waals surface area contributed by atoms with Crippen molar-refractivity contribution in [2.24, 2.45) is 0 Å². The van der Waals surface area contributed by atoms with Crippen molar-refractivity contribution < 1.29 is 14.3 Å². The Morgan fingerprint density at radius 3 is 2.62 bits per heavy atom. The lowest BCUT2D eigenvalue weighted by molar-refractivity contribution is -0.155. The Hall–Kier alpha value is -3.27. The molecule has 10 heteroatoms. The van der Waals surface area contributed by atoms with Gasteiger partial charge in [0.15, 0.2) is 11.2 Å². The monoisotopic (exact) mass is 456 g/mol. The van der Waals surface area contributed by atoms with Crippen LogP contribution in [0.15, 0.2) is 45.4 Å². The first kappa shape index (κ1) is 21.9. The summed E-state index contributed by atoms with van der Waals surface area (Å²) < 4.78 is 6.26. The number of nitrogens with one attached hydrogen (secondary N) is 1. The first-order valence-electron chi connectivity index (χ1n) is 10.6. The molecule has 9 nitrogen and oxygen atoms in total. The molecule has 2 aromatic heterocycles. The van der Waals surface area contributed by atoms with Crippen LogP contribution in [0.1, 0.15) is 39.0 Å². The zero-order valence-electron chi connectivity index (χ0n) is 17.7. The Morgan fingerprint density at radius 2 is 1.94 bits per heavy atom. The van der Waals surface area contributed by atoms with Gasteiger partial charge in [0, 0.05) is 17.6 Å². The number of nitrogens with zero attached hydrogens (tertiary/aromatic N) is 3. The molecule has 2 heterocycles. The lowest BCUT2D eigenvalue weighted by Gasteiger charge is -2.33. The second-order valence-corrected chi connectivity index (χ2v) is 8.70. The number of thiazole rings is 1. The standard InChI is InChI=1S/C22H24N4O5S/c1-14(20(29)26(22-23-11-12-32-22)15-7-3-2-4-8-15)31-18(27)13-25-21(30)17-10-6-5-9-16(17)19(28)24-25/h5-6,9-12,14-15H,2-4,7-8,13H2,1H3,(H,24,28). The summed E-state index contributed by atoms with van der Waals surface area (Å²) in [6.07, 6.45) is 5.54. The van der Waals surface area contributed by atoms with E-state index in [-0.39, 0.29) is 22.7 Å². The minimum absolute atomic E-state index is 0.0167. The third kappa shape index (κ3) is 4.50. The molecule has 0 aliphatic heterocycles. The molecule has 0 radical (unpaired) electrons. The van der Waals surface area contributed by atoms with Gasteiger partial charge in [-0.05, 0) is 31.9 Å². The Bertz CT molecular complexity index is 1230. The Balaban J connectivity index is 1.50. The van der Waals surface area contributed by atoms with Crippen molar-refractivity contribution in [2.45, 2.75) is 57.7 Å². The lowest BCUT2D eigenvalue weighted by atomic mass is 9.94.